The van der Waals surface area contributed by atoms with Crippen molar-refractivity contribution in [3.8, 4) is 0 Å². The van der Waals surface area contributed by atoms with E-state index in [0.717, 1.165) is 13.0 Å². The van der Waals surface area contributed by atoms with Crippen LogP contribution in [0.1, 0.15) is 30.2 Å². The Morgan fingerprint density at radius 1 is 1.00 bits per heavy atom. The van der Waals surface area contributed by atoms with Crippen LogP contribution in [0, 0.1) is 0 Å². The monoisotopic (exact) mass is 379 g/mol. The van der Waals surface area contributed by atoms with E-state index in [2.05, 4.69) is 11.4 Å². The molecule has 1 fully saturated rings. The van der Waals surface area contributed by atoms with Crippen LogP contribution in [-0.2, 0) is 27.3 Å². The van der Waals surface area contributed by atoms with Gasteiger partial charge in [0.05, 0.1) is 6.61 Å². The number of piperazine rings is 1. The number of thiophene rings is 1. The smallest absolute Gasteiger partial charge is 0.409 e. The molecule has 0 spiro atoms. The maximum absolute atomic E-state index is 12.4. The fraction of sp³-hybridized carbons (Fsp3) is 0.611. The lowest BCUT2D eigenvalue weighted by Gasteiger charge is -2.34. The van der Waals surface area contributed by atoms with Crippen LogP contribution in [0.15, 0.2) is 11.4 Å². The summed E-state index contributed by atoms with van der Waals surface area (Å²) in [6, 6.07) is 2.08. The summed E-state index contributed by atoms with van der Waals surface area (Å²) in [5.74, 6) is 0.0236. The Labute approximate surface area is 157 Å². The normalized spacial score (nSPS) is 17.0. The van der Waals surface area contributed by atoms with E-state index in [9.17, 15) is 14.4 Å². The minimum Gasteiger partial charge on any atom is -0.450 e. The highest BCUT2D eigenvalue weighted by atomic mass is 32.1. The van der Waals surface area contributed by atoms with Crippen LogP contribution in [0.4, 0.5) is 4.79 Å². The molecule has 7 nitrogen and oxygen atoms in total. The summed E-state index contributed by atoms with van der Waals surface area (Å²) in [6.45, 7) is 5.46. The standard InChI is InChI=1S/C18H25N3O4S/c1-2-25-18(24)20-10-8-19(9-11-20)16(22)3-4-17(23)21-7-5-15-14(13-21)6-12-26-15/h6,12H,2-5,7-11,13H2,1H3. The van der Waals surface area contributed by atoms with Crippen LogP contribution in [-0.4, -0.2) is 71.9 Å². The van der Waals surface area contributed by atoms with Crippen LogP contribution < -0.4 is 0 Å². The maximum Gasteiger partial charge on any atom is 0.409 e. The molecule has 3 amide bonds. The zero-order valence-corrected chi connectivity index (χ0v) is 15.9. The highest BCUT2D eigenvalue weighted by Crippen LogP contribution is 2.24. The first-order valence-corrected chi connectivity index (χ1v) is 9.99. The Balaban J connectivity index is 1.40. The van der Waals surface area contributed by atoms with E-state index in [4.69, 9.17) is 4.74 Å². The van der Waals surface area contributed by atoms with Gasteiger partial charge in [-0.05, 0) is 30.4 Å². The molecular weight excluding hydrogens is 354 g/mol. The van der Waals surface area contributed by atoms with Crippen LogP contribution in [0.25, 0.3) is 0 Å². The van der Waals surface area contributed by atoms with Crippen molar-refractivity contribution in [1.29, 1.82) is 0 Å². The lowest BCUT2D eigenvalue weighted by atomic mass is 10.1. The van der Waals surface area contributed by atoms with Gasteiger partial charge in [-0.3, -0.25) is 9.59 Å². The van der Waals surface area contributed by atoms with Crippen molar-refractivity contribution in [3.05, 3.63) is 21.9 Å². The van der Waals surface area contributed by atoms with Gasteiger partial charge in [0.2, 0.25) is 11.8 Å². The Morgan fingerprint density at radius 2 is 1.65 bits per heavy atom. The van der Waals surface area contributed by atoms with Crippen LogP contribution in [0.5, 0.6) is 0 Å². The second kappa shape index (κ2) is 8.53. The van der Waals surface area contributed by atoms with E-state index in [0.29, 0.717) is 39.3 Å². The lowest BCUT2D eigenvalue weighted by molar-refractivity contribution is -0.138. The molecule has 2 aliphatic heterocycles. The summed E-state index contributed by atoms with van der Waals surface area (Å²) in [4.78, 5) is 43.0. The molecule has 0 unspecified atom stereocenters. The molecule has 0 aliphatic carbocycles. The van der Waals surface area contributed by atoms with Gasteiger partial charge in [-0.15, -0.1) is 11.3 Å². The zero-order valence-electron chi connectivity index (χ0n) is 15.1. The SMILES string of the molecule is CCOC(=O)N1CCN(C(=O)CCC(=O)N2CCc3sccc3C2)CC1. The van der Waals surface area contributed by atoms with Crippen LogP contribution in [0.3, 0.4) is 0 Å². The summed E-state index contributed by atoms with van der Waals surface area (Å²) < 4.78 is 4.98. The summed E-state index contributed by atoms with van der Waals surface area (Å²) in [5.41, 5.74) is 1.23. The highest BCUT2D eigenvalue weighted by Gasteiger charge is 2.26. The van der Waals surface area contributed by atoms with Crippen LogP contribution in [0.2, 0.25) is 0 Å². The Kier molecular flexibility index (Phi) is 6.13. The van der Waals surface area contributed by atoms with E-state index in [1.54, 1.807) is 28.1 Å². The molecule has 0 saturated carbocycles. The van der Waals surface area contributed by atoms with Crippen molar-refractivity contribution in [3.63, 3.8) is 0 Å². The molecule has 1 saturated heterocycles. The summed E-state index contributed by atoms with van der Waals surface area (Å²) >= 11 is 1.75. The number of hydrogen-bond donors (Lipinski definition) is 0. The first-order chi connectivity index (χ1) is 12.6. The average Bonchev–Trinajstić information content (AvgIpc) is 3.14. The first-order valence-electron chi connectivity index (χ1n) is 9.11. The second-order valence-electron chi connectivity index (χ2n) is 6.50. The molecule has 3 heterocycles. The Morgan fingerprint density at radius 3 is 2.35 bits per heavy atom. The predicted molar refractivity (Wildman–Crippen MR) is 97.8 cm³/mol. The molecule has 8 heteroatoms. The molecule has 1 aromatic heterocycles. The predicted octanol–water partition coefficient (Wildman–Crippen LogP) is 1.71. The lowest BCUT2D eigenvalue weighted by Crippen LogP contribution is -2.50. The van der Waals surface area contributed by atoms with Gasteiger partial charge >= 0.3 is 6.09 Å². The third-order valence-corrected chi connectivity index (χ3v) is 5.89. The fourth-order valence-corrected chi connectivity index (χ4v) is 4.23. The number of ether oxygens (including phenoxy) is 1. The molecule has 142 valence electrons. The summed E-state index contributed by atoms with van der Waals surface area (Å²) in [5, 5.41) is 2.07. The van der Waals surface area contributed by atoms with E-state index < -0.39 is 0 Å². The molecule has 0 aromatic carbocycles. The number of carbonyl (C=O) groups excluding carboxylic acids is 3. The van der Waals surface area contributed by atoms with Gasteiger partial charge in [-0.1, -0.05) is 0 Å². The first kappa shape index (κ1) is 18.7. The molecule has 0 radical (unpaired) electrons. The average molecular weight is 379 g/mol. The largest absolute Gasteiger partial charge is 0.450 e. The van der Waals surface area contributed by atoms with E-state index in [-0.39, 0.29) is 30.7 Å². The number of amides is 3. The van der Waals surface area contributed by atoms with Crippen molar-refractivity contribution < 1.29 is 19.1 Å². The van der Waals surface area contributed by atoms with Crippen LogP contribution >= 0.6 is 11.3 Å². The number of hydrogen-bond acceptors (Lipinski definition) is 5. The van der Waals surface area contributed by atoms with Gasteiger partial charge in [0.25, 0.3) is 0 Å². The van der Waals surface area contributed by atoms with Gasteiger partial charge in [0, 0.05) is 57.0 Å². The number of fused-ring (bicyclic) bond motifs is 1. The van der Waals surface area contributed by atoms with Gasteiger partial charge < -0.3 is 19.4 Å². The summed E-state index contributed by atoms with van der Waals surface area (Å²) in [7, 11) is 0. The second-order valence-corrected chi connectivity index (χ2v) is 7.50. The fourth-order valence-electron chi connectivity index (χ4n) is 3.34. The maximum atomic E-state index is 12.4. The number of carbonyl (C=O) groups is 3. The molecule has 0 atom stereocenters. The van der Waals surface area contributed by atoms with Crippen molar-refractivity contribution >= 4 is 29.2 Å². The topological polar surface area (TPSA) is 70.2 Å². The van der Waals surface area contributed by atoms with E-state index >= 15 is 0 Å². The molecule has 1 aromatic rings. The van der Waals surface area contributed by atoms with E-state index in [1.807, 2.05) is 4.90 Å². The molecule has 26 heavy (non-hydrogen) atoms. The molecule has 2 aliphatic rings. The van der Waals surface area contributed by atoms with Crippen molar-refractivity contribution in [2.24, 2.45) is 0 Å². The molecule has 3 rings (SSSR count). The molecule has 0 bridgehead atoms. The zero-order chi connectivity index (χ0) is 18.5. The summed E-state index contributed by atoms with van der Waals surface area (Å²) in [6.07, 6.45) is 1.05. The number of rotatable bonds is 4. The van der Waals surface area contributed by atoms with Gasteiger partial charge in [0.15, 0.2) is 0 Å². The Hall–Kier alpha value is -2.09. The minimum absolute atomic E-state index is 0.0184. The Bertz CT molecular complexity index is 667. The van der Waals surface area contributed by atoms with E-state index in [1.165, 1.54) is 10.4 Å². The van der Waals surface area contributed by atoms with Gasteiger partial charge in [0.1, 0.15) is 0 Å². The van der Waals surface area contributed by atoms with Gasteiger partial charge in [-0.2, -0.15) is 0 Å². The van der Waals surface area contributed by atoms with Crippen molar-refractivity contribution in [2.75, 3.05) is 39.3 Å². The minimum atomic E-state index is -0.326. The molecule has 0 N–H and O–H groups in total. The van der Waals surface area contributed by atoms with Crippen molar-refractivity contribution in [2.45, 2.75) is 32.7 Å². The van der Waals surface area contributed by atoms with Crippen molar-refractivity contribution in [1.82, 2.24) is 14.7 Å². The number of nitrogens with zero attached hydrogens (tertiary/aromatic N) is 3. The molecular formula is C18H25N3O4S. The third-order valence-electron chi connectivity index (χ3n) is 4.87. The highest BCUT2D eigenvalue weighted by molar-refractivity contribution is 7.10. The quantitative estimate of drug-likeness (QED) is 0.799. The third kappa shape index (κ3) is 4.35. The van der Waals surface area contributed by atoms with Gasteiger partial charge in [-0.25, -0.2) is 4.79 Å².